The van der Waals surface area contributed by atoms with Crippen molar-refractivity contribution in [2.75, 3.05) is 4.90 Å². The molecule has 2 heteroatoms. The number of fused-ring (bicyclic) bond motifs is 14. The number of furan rings is 1. The summed E-state index contributed by atoms with van der Waals surface area (Å²) >= 11 is 0. The van der Waals surface area contributed by atoms with Gasteiger partial charge < -0.3 is 9.32 Å². The van der Waals surface area contributed by atoms with Crippen LogP contribution >= 0.6 is 0 Å². The van der Waals surface area contributed by atoms with Gasteiger partial charge in [-0.3, -0.25) is 0 Å². The smallest absolute Gasteiger partial charge is 0.137 e. The van der Waals surface area contributed by atoms with E-state index in [2.05, 4.69) is 181 Å². The highest BCUT2D eigenvalue weighted by Crippen LogP contribution is 2.63. The molecule has 0 amide bonds. The number of rotatable bonds is 3. The number of para-hydroxylation sites is 1. The van der Waals surface area contributed by atoms with Crippen molar-refractivity contribution in [2.24, 2.45) is 0 Å². The minimum absolute atomic E-state index is 0.412. The van der Waals surface area contributed by atoms with Gasteiger partial charge in [-0.25, -0.2) is 0 Å². The molecule has 0 bridgehead atoms. The Balaban J connectivity index is 1.22. The Bertz CT molecular complexity index is 2730. The second-order valence-corrected chi connectivity index (χ2v) is 13.2. The molecule has 0 saturated heterocycles. The van der Waals surface area contributed by atoms with Crippen LogP contribution in [0.15, 0.2) is 180 Å². The van der Waals surface area contributed by atoms with E-state index in [9.17, 15) is 0 Å². The Kier molecular flexibility index (Phi) is 5.34. The molecule has 1 aromatic heterocycles. The van der Waals surface area contributed by atoms with Gasteiger partial charge in [0, 0.05) is 16.8 Å². The van der Waals surface area contributed by atoms with Crippen LogP contribution in [0.2, 0.25) is 0 Å². The zero-order chi connectivity index (χ0) is 32.1. The molecular formula is C47H29NO. The minimum Gasteiger partial charge on any atom is -0.456 e. The van der Waals surface area contributed by atoms with Crippen LogP contribution in [0, 0.1) is 0 Å². The van der Waals surface area contributed by atoms with Crippen molar-refractivity contribution in [3.8, 4) is 22.3 Å². The highest BCUT2D eigenvalue weighted by molar-refractivity contribution is 6.16. The van der Waals surface area contributed by atoms with Crippen molar-refractivity contribution in [2.45, 2.75) is 5.41 Å². The second kappa shape index (κ2) is 9.82. The third-order valence-electron chi connectivity index (χ3n) is 10.8. The lowest BCUT2D eigenvalue weighted by Crippen LogP contribution is -2.26. The second-order valence-electron chi connectivity index (χ2n) is 13.2. The molecule has 0 atom stereocenters. The summed E-state index contributed by atoms with van der Waals surface area (Å²) in [5, 5.41) is 4.61. The number of anilines is 3. The Morgan fingerprint density at radius 1 is 0.388 bits per heavy atom. The molecular weight excluding hydrogens is 595 g/mol. The molecule has 0 N–H and O–H groups in total. The lowest BCUT2D eigenvalue weighted by Gasteiger charge is -2.32. The van der Waals surface area contributed by atoms with Crippen molar-refractivity contribution in [3.05, 3.63) is 198 Å². The molecule has 1 heterocycles. The van der Waals surface area contributed by atoms with Gasteiger partial charge in [0.25, 0.3) is 0 Å². The number of nitrogens with zero attached hydrogens (tertiary/aromatic N) is 1. The summed E-state index contributed by atoms with van der Waals surface area (Å²) in [4.78, 5) is 2.41. The molecule has 228 valence electrons. The molecule has 0 radical (unpaired) electrons. The van der Waals surface area contributed by atoms with Gasteiger partial charge in [-0.05, 0) is 104 Å². The van der Waals surface area contributed by atoms with E-state index >= 15 is 0 Å². The van der Waals surface area contributed by atoms with Crippen molar-refractivity contribution in [1.82, 2.24) is 0 Å². The third kappa shape index (κ3) is 3.50. The van der Waals surface area contributed by atoms with Crippen LogP contribution in [0.3, 0.4) is 0 Å². The molecule has 11 rings (SSSR count). The summed E-state index contributed by atoms with van der Waals surface area (Å²) in [5.41, 5.74) is 15.3. The monoisotopic (exact) mass is 623 g/mol. The van der Waals surface area contributed by atoms with Crippen molar-refractivity contribution in [1.29, 1.82) is 0 Å². The summed E-state index contributed by atoms with van der Waals surface area (Å²) in [6.07, 6.45) is 0. The van der Waals surface area contributed by atoms with Gasteiger partial charge in [-0.1, -0.05) is 127 Å². The first-order chi connectivity index (χ1) is 24.3. The summed E-state index contributed by atoms with van der Waals surface area (Å²) in [7, 11) is 0. The fourth-order valence-electron chi connectivity index (χ4n) is 8.91. The van der Waals surface area contributed by atoms with Crippen LogP contribution in [0.5, 0.6) is 0 Å². The predicted molar refractivity (Wildman–Crippen MR) is 202 cm³/mol. The first kappa shape index (κ1) is 26.7. The van der Waals surface area contributed by atoms with Crippen molar-refractivity contribution >= 4 is 49.8 Å². The fourth-order valence-corrected chi connectivity index (χ4v) is 8.91. The Morgan fingerprint density at radius 2 is 0.959 bits per heavy atom. The highest BCUT2D eigenvalue weighted by Gasteiger charge is 2.51. The normalized spacial score (nSPS) is 13.5. The third-order valence-corrected chi connectivity index (χ3v) is 10.8. The van der Waals surface area contributed by atoms with Gasteiger partial charge in [0.1, 0.15) is 11.2 Å². The number of benzene rings is 8. The SMILES string of the molecule is c1ccc(N(c2ccc3c(c2)C2(c4ccccc4-c4ccccc42)c2ccccc2-3)c2cccc3oc4cc5ccccc5cc4c23)cc1. The van der Waals surface area contributed by atoms with Gasteiger partial charge >= 0.3 is 0 Å². The van der Waals surface area contributed by atoms with Gasteiger partial charge in [0.05, 0.1) is 16.5 Å². The van der Waals surface area contributed by atoms with Gasteiger partial charge in [-0.2, -0.15) is 0 Å². The molecule has 0 aliphatic heterocycles. The fraction of sp³-hybridized carbons (Fsp3) is 0.0213. The summed E-state index contributed by atoms with van der Waals surface area (Å²) in [6, 6.07) is 64.2. The zero-order valence-electron chi connectivity index (χ0n) is 26.6. The number of hydrogen-bond acceptors (Lipinski definition) is 2. The lowest BCUT2D eigenvalue weighted by molar-refractivity contribution is 0.669. The van der Waals surface area contributed by atoms with E-state index in [1.165, 1.54) is 55.3 Å². The van der Waals surface area contributed by atoms with E-state index in [-0.39, 0.29) is 0 Å². The van der Waals surface area contributed by atoms with Crippen LogP contribution in [0.1, 0.15) is 22.3 Å². The molecule has 9 aromatic rings. The zero-order valence-corrected chi connectivity index (χ0v) is 26.6. The maximum atomic E-state index is 6.57. The molecule has 0 fully saturated rings. The predicted octanol–water partition coefficient (Wildman–Crippen LogP) is 12.6. The lowest BCUT2D eigenvalue weighted by atomic mass is 9.70. The topological polar surface area (TPSA) is 16.4 Å². The first-order valence-electron chi connectivity index (χ1n) is 16.9. The molecule has 1 spiro atoms. The molecule has 2 aliphatic rings. The Labute approximate surface area is 284 Å². The van der Waals surface area contributed by atoms with Gasteiger partial charge in [0.15, 0.2) is 0 Å². The van der Waals surface area contributed by atoms with Gasteiger partial charge in [0.2, 0.25) is 0 Å². The summed E-state index contributed by atoms with van der Waals surface area (Å²) < 4.78 is 6.57. The van der Waals surface area contributed by atoms with Crippen molar-refractivity contribution < 1.29 is 4.42 Å². The first-order valence-corrected chi connectivity index (χ1v) is 16.9. The standard InChI is InChI=1S/C47H29NO/c1-2-15-32(16-3-1)48(43-23-12-24-44-46(43)38-27-30-13-4-5-14-31(30)28-45(38)49-44)33-25-26-37-36-19-8-11-22-41(36)47(42(37)29-33)39-20-9-6-17-34(39)35-18-7-10-21-40(35)47/h1-29H. The quantitative estimate of drug-likeness (QED) is 0.195. The highest BCUT2D eigenvalue weighted by atomic mass is 16.3. The van der Waals surface area contributed by atoms with Crippen LogP contribution in [0.4, 0.5) is 17.1 Å². The maximum Gasteiger partial charge on any atom is 0.137 e. The van der Waals surface area contributed by atoms with E-state index in [1.807, 2.05) is 0 Å². The van der Waals surface area contributed by atoms with Crippen LogP contribution in [0.25, 0.3) is 55.0 Å². The largest absolute Gasteiger partial charge is 0.456 e. The van der Waals surface area contributed by atoms with E-state index in [4.69, 9.17) is 4.42 Å². The molecule has 2 nitrogen and oxygen atoms in total. The van der Waals surface area contributed by atoms with E-state index in [0.717, 1.165) is 39.0 Å². The van der Waals surface area contributed by atoms with Crippen LogP contribution in [-0.2, 0) is 5.41 Å². The summed E-state index contributed by atoms with van der Waals surface area (Å²) in [5.74, 6) is 0. The average molecular weight is 624 g/mol. The van der Waals surface area contributed by atoms with Crippen molar-refractivity contribution in [3.63, 3.8) is 0 Å². The van der Waals surface area contributed by atoms with Gasteiger partial charge in [-0.15, -0.1) is 0 Å². The maximum absolute atomic E-state index is 6.57. The van der Waals surface area contributed by atoms with E-state index in [0.29, 0.717) is 0 Å². The average Bonchev–Trinajstić information content (AvgIpc) is 3.78. The Morgan fingerprint density at radius 3 is 1.63 bits per heavy atom. The van der Waals surface area contributed by atoms with E-state index in [1.54, 1.807) is 0 Å². The van der Waals surface area contributed by atoms with Crippen LogP contribution in [-0.4, -0.2) is 0 Å². The van der Waals surface area contributed by atoms with E-state index < -0.39 is 5.41 Å². The number of hydrogen-bond donors (Lipinski definition) is 0. The molecule has 0 unspecified atom stereocenters. The molecule has 49 heavy (non-hydrogen) atoms. The molecule has 8 aromatic carbocycles. The van der Waals surface area contributed by atoms with Crippen LogP contribution < -0.4 is 4.90 Å². The summed E-state index contributed by atoms with van der Waals surface area (Å²) in [6.45, 7) is 0. The molecule has 0 saturated carbocycles. The Hall–Kier alpha value is -6.38. The minimum atomic E-state index is -0.412. The molecule has 2 aliphatic carbocycles.